The molecule has 1 aromatic heterocycles. The summed E-state index contributed by atoms with van der Waals surface area (Å²) in [5, 5.41) is 1.97. The summed E-state index contributed by atoms with van der Waals surface area (Å²) in [6.45, 7) is -2.40. The van der Waals surface area contributed by atoms with E-state index < -0.39 is 36.8 Å². The van der Waals surface area contributed by atoms with Gasteiger partial charge in [0.2, 0.25) is 5.56 Å². The second-order valence-corrected chi connectivity index (χ2v) is 4.56. The molecule has 0 radical (unpaired) electrons. The van der Waals surface area contributed by atoms with E-state index in [4.69, 9.17) is 0 Å². The molecule has 0 atom stereocenters. The number of hydrogen-bond acceptors (Lipinski definition) is 4. The number of carbonyl (C=O) groups is 2. The van der Waals surface area contributed by atoms with Crippen molar-refractivity contribution in [1.29, 1.82) is 0 Å². The molecule has 0 unspecified atom stereocenters. The zero-order valence-corrected chi connectivity index (χ0v) is 11.6. The predicted octanol–water partition coefficient (Wildman–Crippen LogP) is 1.36. The Kier molecular flexibility index (Phi) is 4.68. The minimum absolute atomic E-state index is 0.0760. The number of H-pyrrole nitrogens is 1. The Morgan fingerprint density at radius 1 is 1.22 bits per heavy atom. The van der Waals surface area contributed by atoms with Crippen molar-refractivity contribution < 1.29 is 27.5 Å². The molecule has 0 saturated carbocycles. The fraction of sp³-hybridized carbons (Fsp3) is 0.214. The fourth-order valence-electron chi connectivity index (χ4n) is 1.83. The molecule has 6 nitrogen and oxygen atoms in total. The third kappa shape index (κ3) is 4.56. The number of halogens is 3. The van der Waals surface area contributed by atoms with Crippen LogP contribution in [0.1, 0.15) is 10.4 Å². The summed E-state index contributed by atoms with van der Waals surface area (Å²) in [4.78, 5) is 37.2. The molecule has 0 aliphatic heterocycles. The number of pyridine rings is 1. The van der Waals surface area contributed by atoms with Gasteiger partial charge in [0.15, 0.2) is 6.61 Å². The van der Waals surface area contributed by atoms with Gasteiger partial charge in [-0.05, 0) is 6.07 Å². The minimum Gasteiger partial charge on any atom is -0.452 e. The summed E-state index contributed by atoms with van der Waals surface area (Å²) < 4.78 is 40.5. The molecule has 2 N–H and O–H groups in total. The van der Waals surface area contributed by atoms with Gasteiger partial charge in [0.05, 0.1) is 5.56 Å². The first-order valence-electron chi connectivity index (χ1n) is 6.39. The lowest BCUT2D eigenvalue weighted by molar-refractivity contribution is -0.140. The van der Waals surface area contributed by atoms with Crippen molar-refractivity contribution >= 4 is 22.8 Å². The molecule has 2 aromatic rings. The van der Waals surface area contributed by atoms with Crippen LogP contribution in [0.5, 0.6) is 0 Å². The van der Waals surface area contributed by atoms with Crippen molar-refractivity contribution in [1.82, 2.24) is 10.3 Å². The maximum absolute atomic E-state index is 11.9. The second-order valence-electron chi connectivity index (χ2n) is 4.56. The molecule has 1 aromatic carbocycles. The Hall–Kier alpha value is -2.84. The summed E-state index contributed by atoms with van der Waals surface area (Å²) in [7, 11) is 0. The number of amides is 1. The SMILES string of the molecule is O=C(COC(=O)c1cc(=O)[nH]c2ccccc12)NCC(F)(F)F. The quantitative estimate of drug-likeness (QED) is 0.830. The van der Waals surface area contributed by atoms with E-state index in [1.165, 1.54) is 0 Å². The van der Waals surface area contributed by atoms with E-state index in [1.807, 2.05) is 0 Å². The van der Waals surface area contributed by atoms with E-state index >= 15 is 0 Å². The largest absolute Gasteiger partial charge is 0.452 e. The highest BCUT2D eigenvalue weighted by Gasteiger charge is 2.27. The van der Waals surface area contributed by atoms with Crippen LogP contribution in [0.2, 0.25) is 0 Å². The van der Waals surface area contributed by atoms with Crippen molar-refractivity contribution in [2.24, 2.45) is 0 Å². The number of aromatic amines is 1. The Morgan fingerprint density at radius 2 is 1.91 bits per heavy atom. The van der Waals surface area contributed by atoms with Gasteiger partial charge in [0.1, 0.15) is 6.54 Å². The van der Waals surface area contributed by atoms with Crippen molar-refractivity contribution in [2.75, 3.05) is 13.2 Å². The number of para-hydroxylation sites is 1. The van der Waals surface area contributed by atoms with E-state index in [2.05, 4.69) is 9.72 Å². The molecule has 0 aliphatic carbocycles. The molecule has 0 aliphatic rings. The highest BCUT2D eigenvalue weighted by molar-refractivity contribution is 6.03. The van der Waals surface area contributed by atoms with Crippen LogP contribution >= 0.6 is 0 Å². The standard InChI is InChI=1S/C14H11F3N2O4/c15-14(16,17)7-18-12(21)6-23-13(22)9-5-11(20)19-10-4-2-1-3-8(9)10/h1-5H,6-7H2,(H,18,21)(H,19,20). The summed E-state index contributed by atoms with van der Waals surface area (Å²) in [6, 6.07) is 7.42. The third-order valence-electron chi connectivity index (χ3n) is 2.79. The normalized spacial score (nSPS) is 11.3. The molecule has 1 amide bonds. The van der Waals surface area contributed by atoms with Gasteiger partial charge in [-0.2, -0.15) is 13.2 Å². The average molecular weight is 328 g/mol. The summed E-state index contributed by atoms with van der Waals surface area (Å²) in [6.07, 6.45) is -4.55. The molecule has 0 saturated heterocycles. The highest BCUT2D eigenvalue weighted by atomic mass is 19.4. The molecule has 0 spiro atoms. The molecule has 0 bridgehead atoms. The molecule has 0 fully saturated rings. The van der Waals surface area contributed by atoms with Gasteiger partial charge < -0.3 is 15.0 Å². The van der Waals surface area contributed by atoms with E-state index in [9.17, 15) is 27.6 Å². The smallest absolute Gasteiger partial charge is 0.405 e. The molecule has 1 heterocycles. The van der Waals surface area contributed by atoms with Gasteiger partial charge in [-0.1, -0.05) is 18.2 Å². The monoisotopic (exact) mass is 328 g/mol. The van der Waals surface area contributed by atoms with Crippen LogP contribution in [-0.2, 0) is 9.53 Å². The van der Waals surface area contributed by atoms with E-state index in [1.54, 1.807) is 29.6 Å². The van der Waals surface area contributed by atoms with Crippen LogP contribution in [0, 0.1) is 0 Å². The maximum Gasteiger partial charge on any atom is 0.405 e. The first kappa shape index (κ1) is 16.5. The number of alkyl halides is 3. The van der Waals surface area contributed by atoms with Gasteiger partial charge in [-0.3, -0.25) is 9.59 Å². The number of aromatic nitrogens is 1. The molecule has 2 rings (SSSR count). The number of benzene rings is 1. The van der Waals surface area contributed by atoms with Gasteiger partial charge in [-0.25, -0.2) is 4.79 Å². The van der Waals surface area contributed by atoms with E-state index in [0.29, 0.717) is 10.9 Å². The second kappa shape index (κ2) is 6.51. The lowest BCUT2D eigenvalue weighted by atomic mass is 10.1. The number of carbonyl (C=O) groups excluding carboxylic acids is 2. The van der Waals surface area contributed by atoms with Crippen molar-refractivity contribution in [2.45, 2.75) is 6.18 Å². The number of nitrogens with one attached hydrogen (secondary N) is 2. The van der Waals surface area contributed by atoms with Crippen LogP contribution < -0.4 is 10.9 Å². The Bertz CT molecular complexity index is 798. The summed E-state index contributed by atoms with van der Waals surface area (Å²) in [5.74, 6) is -2.07. The molecule has 122 valence electrons. The number of fused-ring (bicyclic) bond motifs is 1. The van der Waals surface area contributed by atoms with Crippen molar-refractivity contribution in [3.05, 3.63) is 46.2 Å². The lowest BCUT2D eigenvalue weighted by Gasteiger charge is -2.09. The van der Waals surface area contributed by atoms with Gasteiger partial charge in [0, 0.05) is 17.0 Å². The van der Waals surface area contributed by atoms with Crippen molar-refractivity contribution in [3.8, 4) is 0 Å². The average Bonchev–Trinajstić information content (AvgIpc) is 2.49. The Morgan fingerprint density at radius 3 is 2.61 bits per heavy atom. The first-order chi connectivity index (χ1) is 10.8. The fourth-order valence-corrected chi connectivity index (χ4v) is 1.83. The van der Waals surface area contributed by atoms with E-state index in [0.717, 1.165) is 6.07 Å². The number of ether oxygens (including phenoxy) is 1. The zero-order valence-electron chi connectivity index (χ0n) is 11.6. The number of rotatable bonds is 4. The molecule has 23 heavy (non-hydrogen) atoms. The van der Waals surface area contributed by atoms with Gasteiger partial charge in [-0.15, -0.1) is 0 Å². The first-order valence-corrected chi connectivity index (χ1v) is 6.39. The summed E-state index contributed by atoms with van der Waals surface area (Å²) in [5.41, 5.74) is -0.224. The van der Waals surface area contributed by atoms with Crippen molar-refractivity contribution in [3.63, 3.8) is 0 Å². The molecular formula is C14H11F3N2O4. The summed E-state index contributed by atoms with van der Waals surface area (Å²) >= 11 is 0. The third-order valence-corrected chi connectivity index (χ3v) is 2.79. The van der Waals surface area contributed by atoms with Crippen LogP contribution in [0.15, 0.2) is 35.1 Å². The minimum atomic E-state index is -4.55. The van der Waals surface area contributed by atoms with E-state index in [-0.39, 0.29) is 5.56 Å². The Balaban J connectivity index is 2.07. The molecular weight excluding hydrogens is 317 g/mol. The number of esters is 1. The highest BCUT2D eigenvalue weighted by Crippen LogP contribution is 2.15. The topological polar surface area (TPSA) is 88.3 Å². The van der Waals surface area contributed by atoms with Gasteiger partial charge in [0.25, 0.3) is 5.91 Å². The van der Waals surface area contributed by atoms with Crippen LogP contribution in [-0.4, -0.2) is 36.2 Å². The van der Waals surface area contributed by atoms with Crippen LogP contribution in [0.4, 0.5) is 13.2 Å². The van der Waals surface area contributed by atoms with Gasteiger partial charge >= 0.3 is 12.1 Å². The predicted molar refractivity (Wildman–Crippen MR) is 73.9 cm³/mol. The molecule has 9 heteroatoms. The Labute approximate surface area is 127 Å². The number of hydrogen-bond donors (Lipinski definition) is 2. The maximum atomic E-state index is 11.9. The lowest BCUT2D eigenvalue weighted by Crippen LogP contribution is -2.36. The zero-order chi connectivity index (χ0) is 17.0. The van der Waals surface area contributed by atoms with Crippen LogP contribution in [0.25, 0.3) is 10.9 Å². The van der Waals surface area contributed by atoms with Crippen LogP contribution in [0.3, 0.4) is 0 Å².